The number of rotatable bonds is 1. The van der Waals surface area contributed by atoms with E-state index in [1.807, 2.05) is 0 Å². The maximum atomic E-state index is 11.8. The lowest BCUT2D eigenvalue weighted by Crippen LogP contribution is -2.30. The first kappa shape index (κ1) is 11.4. The molecule has 0 spiro atoms. The lowest BCUT2D eigenvalue weighted by atomic mass is 10.3. The first-order valence-electron chi connectivity index (χ1n) is 4.53. The summed E-state index contributed by atoms with van der Waals surface area (Å²) in [7, 11) is 0. The van der Waals surface area contributed by atoms with Crippen LogP contribution in [0.2, 0.25) is 5.02 Å². The zero-order chi connectivity index (χ0) is 11.9. The summed E-state index contributed by atoms with van der Waals surface area (Å²) in [6, 6.07) is 5.04. The number of nitrogens with zero attached hydrogens (tertiary/aromatic N) is 1. The van der Waals surface area contributed by atoms with Gasteiger partial charge in [-0.1, -0.05) is 17.7 Å². The van der Waals surface area contributed by atoms with Gasteiger partial charge in [0.25, 0.3) is 11.8 Å². The Morgan fingerprint density at radius 3 is 2.56 bits per heavy atom. The fourth-order valence-corrected chi connectivity index (χ4v) is 2.09. The number of carbonyl (C=O) groups excluding carboxylic acids is 2. The van der Waals surface area contributed by atoms with E-state index in [-0.39, 0.29) is 11.8 Å². The third-order valence-electron chi connectivity index (χ3n) is 2.27. The molecule has 3 nitrogen and oxygen atoms in total. The van der Waals surface area contributed by atoms with Crippen LogP contribution in [-0.2, 0) is 9.59 Å². The van der Waals surface area contributed by atoms with Crippen LogP contribution in [0.1, 0.15) is 6.92 Å². The van der Waals surface area contributed by atoms with Crippen LogP contribution < -0.4 is 4.90 Å². The smallest absolute Gasteiger partial charge is 0.261 e. The number of halogens is 2. The fraction of sp³-hybridized carbons (Fsp3) is 0.0909. The molecule has 0 fully saturated rings. The van der Waals surface area contributed by atoms with E-state index in [0.29, 0.717) is 20.8 Å². The molecule has 0 unspecified atom stereocenters. The zero-order valence-electron chi connectivity index (χ0n) is 8.33. The Hall–Kier alpha value is -1.13. The molecule has 1 heterocycles. The van der Waals surface area contributed by atoms with Gasteiger partial charge in [-0.15, -0.1) is 0 Å². The maximum absolute atomic E-state index is 11.8. The predicted octanol–water partition coefficient (Wildman–Crippen LogP) is 2.92. The second-order valence-corrected chi connectivity index (χ2v) is 4.58. The van der Waals surface area contributed by atoms with Crippen LogP contribution in [0.15, 0.2) is 34.3 Å². The number of hydrogen-bond donors (Lipinski definition) is 0. The summed E-state index contributed by atoms with van der Waals surface area (Å²) in [6.07, 6.45) is 1.32. The number of carbonyl (C=O) groups is 2. The monoisotopic (exact) mass is 299 g/mol. The molecule has 1 aromatic rings. The number of hydrogen-bond acceptors (Lipinski definition) is 2. The molecule has 82 valence electrons. The van der Waals surface area contributed by atoms with E-state index in [1.165, 1.54) is 6.08 Å². The van der Waals surface area contributed by atoms with Crippen LogP contribution in [0.25, 0.3) is 0 Å². The van der Waals surface area contributed by atoms with Crippen molar-refractivity contribution >= 4 is 45.0 Å². The Balaban J connectivity index is 2.51. The number of imide groups is 1. The molecule has 1 aliphatic heterocycles. The minimum atomic E-state index is -0.342. The molecule has 2 rings (SSSR count). The molecular formula is C11H7BrClNO2. The molecule has 5 heteroatoms. The van der Waals surface area contributed by atoms with Gasteiger partial charge in [0.2, 0.25) is 0 Å². The third kappa shape index (κ3) is 1.68. The van der Waals surface area contributed by atoms with Crippen LogP contribution in [0.5, 0.6) is 0 Å². The Morgan fingerprint density at radius 1 is 1.31 bits per heavy atom. The predicted molar refractivity (Wildman–Crippen MR) is 65.4 cm³/mol. The lowest BCUT2D eigenvalue weighted by molar-refractivity contribution is -0.120. The zero-order valence-corrected chi connectivity index (χ0v) is 10.7. The normalized spacial score (nSPS) is 15.7. The molecule has 16 heavy (non-hydrogen) atoms. The Morgan fingerprint density at radius 2 is 2.00 bits per heavy atom. The summed E-state index contributed by atoms with van der Waals surface area (Å²) in [5, 5.41) is 0.461. The SMILES string of the molecule is CC1=CC(=O)N(c2cccc(Cl)c2Br)C1=O. The van der Waals surface area contributed by atoms with Crippen LogP contribution >= 0.6 is 27.5 Å². The van der Waals surface area contributed by atoms with Gasteiger partial charge in [0.05, 0.1) is 15.2 Å². The van der Waals surface area contributed by atoms with Gasteiger partial charge in [-0.3, -0.25) is 9.59 Å². The average molecular weight is 301 g/mol. The van der Waals surface area contributed by atoms with Crippen molar-refractivity contribution in [2.75, 3.05) is 4.90 Å². The second kappa shape index (κ2) is 4.03. The van der Waals surface area contributed by atoms with Crippen molar-refractivity contribution in [2.24, 2.45) is 0 Å². The van der Waals surface area contributed by atoms with E-state index in [9.17, 15) is 9.59 Å². The number of amides is 2. The van der Waals surface area contributed by atoms with Crippen molar-refractivity contribution in [3.05, 3.63) is 39.3 Å². The van der Waals surface area contributed by atoms with Crippen molar-refractivity contribution in [2.45, 2.75) is 6.92 Å². The van der Waals surface area contributed by atoms with Gasteiger partial charge >= 0.3 is 0 Å². The lowest BCUT2D eigenvalue weighted by Gasteiger charge is -2.16. The number of benzene rings is 1. The van der Waals surface area contributed by atoms with Crippen LogP contribution in [0.3, 0.4) is 0 Å². The summed E-state index contributed by atoms with van der Waals surface area (Å²) in [4.78, 5) is 24.5. The molecule has 0 aromatic heterocycles. The fourth-order valence-electron chi connectivity index (χ4n) is 1.48. The van der Waals surface area contributed by atoms with Crippen LogP contribution in [0, 0.1) is 0 Å². The molecule has 0 N–H and O–H groups in total. The van der Waals surface area contributed by atoms with Crippen molar-refractivity contribution < 1.29 is 9.59 Å². The van der Waals surface area contributed by atoms with E-state index in [4.69, 9.17) is 11.6 Å². The molecule has 0 radical (unpaired) electrons. The molecule has 0 saturated heterocycles. The molecule has 0 saturated carbocycles. The molecule has 2 amide bonds. The highest BCUT2D eigenvalue weighted by Crippen LogP contribution is 2.34. The van der Waals surface area contributed by atoms with E-state index in [0.717, 1.165) is 4.90 Å². The van der Waals surface area contributed by atoms with Gasteiger partial charge in [0.15, 0.2) is 0 Å². The highest BCUT2D eigenvalue weighted by Gasteiger charge is 2.31. The van der Waals surface area contributed by atoms with E-state index < -0.39 is 0 Å². The summed E-state index contributed by atoms with van der Waals surface area (Å²) in [5.74, 6) is -0.654. The van der Waals surface area contributed by atoms with Gasteiger partial charge in [0, 0.05) is 11.6 Å². The van der Waals surface area contributed by atoms with E-state index >= 15 is 0 Å². The molecule has 0 bridgehead atoms. The largest absolute Gasteiger partial charge is 0.269 e. The third-order valence-corrected chi connectivity index (χ3v) is 3.65. The van der Waals surface area contributed by atoms with Crippen molar-refractivity contribution in [3.8, 4) is 0 Å². The number of anilines is 1. The van der Waals surface area contributed by atoms with Gasteiger partial charge in [-0.2, -0.15) is 0 Å². The minimum Gasteiger partial charge on any atom is -0.269 e. The highest BCUT2D eigenvalue weighted by atomic mass is 79.9. The molecule has 1 aliphatic rings. The van der Waals surface area contributed by atoms with Crippen LogP contribution in [0.4, 0.5) is 5.69 Å². The summed E-state index contributed by atoms with van der Waals surface area (Å²) < 4.78 is 0.543. The topological polar surface area (TPSA) is 37.4 Å². The summed E-state index contributed by atoms with van der Waals surface area (Å²) in [6.45, 7) is 1.61. The quantitative estimate of drug-likeness (QED) is 0.748. The van der Waals surface area contributed by atoms with E-state index in [1.54, 1.807) is 25.1 Å². The summed E-state index contributed by atoms with van der Waals surface area (Å²) >= 11 is 9.17. The Kier molecular flexibility index (Phi) is 2.86. The molecule has 0 atom stereocenters. The first-order chi connectivity index (χ1) is 7.52. The van der Waals surface area contributed by atoms with Crippen molar-refractivity contribution in [1.82, 2.24) is 0 Å². The Bertz CT molecular complexity index is 525. The van der Waals surface area contributed by atoms with Crippen molar-refractivity contribution in [3.63, 3.8) is 0 Å². The Labute approximate surface area is 106 Å². The molecule has 0 aliphatic carbocycles. The van der Waals surface area contributed by atoms with Gasteiger partial charge in [-0.05, 0) is 35.0 Å². The molecular weight excluding hydrogens is 293 g/mol. The van der Waals surface area contributed by atoms with Crippen LogP contribution in [-0.4, -0.2) is 11.8 Å². The van der Waals surface area contributed by atoms with Gasteiger partial charge in [0.1, 0.15) is 0 Å². The first-order valence-corrected chi connectivity index (χ1v) is 5.70. The average Bonchev–Trinajstić information content (AvgIpc) is 2.47. The standard InChI is InChI=1S/C11H7BrClNO2/c1-6-5-9(15)14(11(6)16)8-4-2-3-7(13)10(8)12/h2-5H,1H3. The van der Waals surface area contributed by atoms with Gasteiger partial charge < -0.3 is 0 Å². The maximum Gasteiger partial charge on any atom is 0.261 e. The summed E-state index contributed by atoms with van der Waals surface area (Å²) in [5.41, 5.74) is 0.896. The highest BCUT2D eigenvalue weighted by molar-refractivity contribution is 9.10. The minimum absolute atomic E-state index is 0.312. The second-order valence-electron chi connectivity index (χ2n) is 3.38. The van der Waals surface area contributed by atoms with Gasteiger partial charge in [-0.25, -0.2) is 4.90 Å². The van der Waals surface area contributed by atoms with E-state index in [2.05, 4.69) is 15.9 Å². The molecule has 1 aromatic carbocycles. The van der Waals surface area contributed by atoms with Crippen molar-refractivity contribution in [1.29, 1.82) is 0 Å².